The Balaban J connectivity index is 1.92. The summed E-state index contributed by atoms with van der Waals surface area (Å²) in [6, 6.07) is 16.5. The maximum absolute atomic E-state index is 13.3. The van der Waals surface area contributed by atoms with Gasteiger partial charge in [-0.1, -0.05) is 59.6 Å². The molecule has 4 rings (SSSR count). The lowest BCUT2D eigenvalue weighted by molar-refractivity contribution is 0.0687. The minimum Gasteiger partial charge on any atom is -0.477 e. The molecule has 0 aliphatic heterocycles. The number of rotatable bonds is 7. The van der Waals surface area contributed by atoms with Crippen molar-refractivity contribution < 1.29 is 26.7 Å². The van der Waals surface area contributed by atoms with Gasteiger partial charge >= 0.3 is 5.97 Å². The first kappa shape index (κ1) is 25.1. The van der Waals surface area contributed by atoms with Gasteiger partial charge in [-0.25, -0.2) is 21.6 Å². The average molecular weight is 553 g/mol. The molecule has 0 radical (unpaired) electrons. The summed E-state index contributed by atoms with van der Waals surface area (Å²) in [5.74, 6) is -1.38. The zero-order valence-corrected chi connectivity index (χ0v) is 21.2. The molecule has 0 spiro atoms. The predicted molar refractivity (Wildman–Crippen MR) is 135 cm³/mol. The van der Waals surface area contributed by atoms with Gasteiger partial charge in [-0.15, -0.1) is 0 Å². The largest absolute Gasteiger partial charge is 0.477 e. The quantitative estimate of drug-likeness (QED) is 0.336. The third kappa shape index (κ3) is 4.87. The summed E-state index contributed by atoms with van der Waals surface area (Å²) < 4.78 is 54.8. The Morgan fingerprint density at radius 3 is 2.17 bits per heavy atom. The van der Waals surface area contributed by atoms with Gasteiger partial charge in [0.2, 0.25) is 0 Å². The first-order valence-electron chi connectivity index (χ1n) is 10.0. The van der Waals surface area contributed by atoms with E-state index < -0.39 is 35.6 Å². The smallest absolute Gasteiger partial charge is 0.354 e. The molecule has 182 valence electrons. The van der Waals surface area contributed by atoms with Gasteiger partial charge in [-0.3, -0.25) is 4.72 Å². The molecule has 0 bridgehead atoms. The van der Waals surface area contributed by atoms with E-state index in [1.807, 2.05) is 0 Å². The summed E-state index contributed by atoms with van der Waals surface area (Å²) in [5.41, 5.74) is 0.582. The first-order chi connectivity index (χ1) is 16.4. The normalized spacial score (nSPS) is 12.1. The van der Waals surface area contributed by atoms with E-state index >= 15 is 0 Å². The molecule has 35 heavy (non-hydrogen) atoms. The molecule has 0 saturated heterocycles. The summed E-state index contributed by atoms with van der Waals surface area (Å²) >= 11 is 12.1. The summed E-state index contributed by atoms with van der Waals surface area (Å²) in [5, 5.41) is 11.0. The Hall–Kier alpha value is -3.05. The van der Waals surface area contributed by atoms with Crippen LogP contribution < -0.4 is 4.72 Å². The standard InChI is InChI=1S/C23H18Cl2N2O6S2/c1-34(30,31)19-8-4-5-9-20(19)35(32,33)26-21-15-6-2-3-7-18(15)27(22(21)23(28)29)13-14-10-11-16(24)17(25)12-14/h2-12,26H,13H2,1H3,(H,28,29). The fraction of sp³-hybridized carbons (Fsp3) is 0.0870. The van der Waals surface area contributed by atoms with E-state index in [0.717, 1.165) is 12.3 Å². The van der Waals surface area contributed by atoms with Crippen molar-refractivity contribution >= 4 is 65.6 Å². The number of benzene rings is 3. The molecule has 0 aliphatic carbocycles. The number of carbonyl (C=O) groups is 1. The van der Waals surface area contributed by atoms with Crippen LogP contribution in [0.3, 0.4) is 0 Å². The van der Waals surface area contributed by atoms with Crippen molar-refractivity contribution in [3.63, 3.8) is 0 Å². The number of fused-ring (bicyclic) bond motifs is 1. The Morgan fingerprint density at radius 1 is 0.914 bits per heavy atom. The number of nitrogens with one attached hydrogen (secondary N) is 1. The van der Waals surface area contributed by atoms with E-state index in [-0.39, 0.29) is 22.9 Å². The van der Waals surface area contributed by atoms with Gasteiger partial charge in [-0.2, -0.15) is 0 Å². The molecule has 3 aromatic carbocycles. The third-order valence-corrected chi connectivity index (χ3v) is 8.70. The zero-order chi connectivity index (χ0) is 25.5. The van der Waals surface area contributed by atoms with Gasteiger partial charge in [0.1, 0.15) is 4.90 Å². The minimum atomic E-state index is -4.49. The number of nitrogens with zero attached hydrogens (tertiary/aromatic N) is 1. The molecule has 1 aromatic heterocycles. The molecule has 0 amide bonds. The first-order valence-corrected chi connectivity index (χ1v) is 14.1. The lowest BCUT2D eigenvalue weighted by Gasteiger charge is -2.13. The van der Waals surface area contributed by atoms with Crippen molar-refractivity contribution in [1.82, 2.24) is 4.57 Å². The number of hydrogen-bond acceptors (Lipinski definition) is 5. The summed E-state index contributed by atoms with van der Waals surface area (Å²) in [6.07, 6.45) is 0.896. The predicted octanol–water partition coefficient (Wildman–Crippen LogP) is 4.90. The van der Waals surface area contributed by atoms with E-state index in [9.17, 15) is 26.7 Å². The number of sulfone groups is 1. The van der Waals surface area contributed by atoms with Crippen LogP contribution in [0.2, 0.25) is 10.0 Å². The molecular weight excluding hydrogens is 535 g/mol. The highest BCUT2D eigenvalue weighted by Crippen LogP contribution is 2.35. The fourth-order valence-corrected chi connectivity index (χ4v) is 6.82. The number of anilines is 1. The molecule has 12 heteroatoms. The van der Waals surface area contributed by atoms with Crippen LogP contribution in [0.25, 0.3) is 10.9 Å². The van der Waals surface area contributed by atoms with E-state index in [4.69, 9.17) is 23.2 Å². The van der Waals surface area contributed by atoms with Crippen LogP contribution in [0, 0.1) is 0 Å². The Labute approximate surface area is 211 Å². The van der Waals surface area contributed by atoms with Gasteiger partial charge in [0, 0.05) is 18.2 Å². The van der Waals surface area contributed by atoms with E-state index in [1.165, 1.54) is 22.8 Å². The van der Waals surface area contributed by atoms with Crippen LogP contribution in [-0.2, 0) is 26.4 Å². The number of carboxylic acid groups (broad SMARTS) is 1. The number of aromatic carboxylic acids is 1. The van der Waals surface area contributed by atoms with Gasteiger partial charge in [0.25, 0.3) is 10.0 Å². The van der Waals surface area contributed by atoms with Crippen molar-refractivity contribution in [1.29, 1.82) is 0 Å². The van der Waals surface area contributed by atoms with Crippen LogP contribution >= 0.6 is 23.2 Å². The maximum Gasteiger partial charge on any atom is 0.354 e. The highest BCUT2D eigenvalue weighted by atomic mass is 35.5. The lowest BCUT2D eigenvalue weighted by Crippen LogP contribution is -2.19. The number of sulfonamides is 1. The van der Waals surface area contributed by atoms with Crippen molar-refractivity contribution in [2.75, 3.05) is 11.0 Å². The molecule has 4 aromatic rings. The number of aromatic nitrogens is 1. The van der Waals surface area contributed by atoms with E-state index in [2.05, 4.69) is 4.72 Å². The molecule has 2 N–H and O–H groups in total. The summed E-state index contributed by atoms with van der Waals surface area (Å²) in [7, 11) is -8.38. The van der Waals surface area contributed by atoms with Crippen LogP contribution in [-0.4, -0.2) is 38.7 Å². The number of carboxylic acids is 1. The van der Waals surface area contributed by atoms with Crippen molar-refractivity contribution in [3.05, 3.63) is 88.0 Å². The molecular formula is C23H18Cl2N2O6S2. The van der Waals surface area contributed by atoms with Gasteiger partial charge < -0.3 is 9.67 Å². The second-order valence-electron chi connectivity index (χ2n) is 7.70. The van der Waals surface area contributed by atoms with E-state index in [0.29, 0.717) is 21.5 Å². The number of para-hydroxylation sites is 1. The van der Waals surface area contributed by atoms with Gasteiger partial charge in [-0.05, 0) is 35.9 Å². The molecule has 1 heterocycles. The highest BCUT2D eigenvalue weighted by Gasteiger charge is 2.29. The van der Waals surface area contributed by atoms with Gasteiger partial charge in [0.15, 0.2) is 15.5 Å². The second-order valence-corrected chi connectivity index (χ2v) is 12.2. The summed E-state index contributed by atoms with van der Waals surface area (Å²) in [4.78, 5) is 11.5. The van der Waals surface area contributed by atoms with Crippen molar-refractivity contribution in [2.45, 2.75) is 16.3 Å². The SMILES string of the molecule is CS(=O)(=O)c1ccccc1S(=O)(=O)Nc1c(C(=O)O)n(Cc2ccc(Cl)c(Cl)c2)c2ccccc12. The maximum atomic E-state index is 13.3. The Bertz CT molecular complexity index is 1700. The van der Waals surface area contributed by atoms with Gasteiger partial charge in [0.05, 0.1) is 26.1 Å². The second kappa shape index (κ2) is 9.19. The van der Waals surface area contributed by atoms with Crippen molar-refractivity contribution in [2.24, 2.45) is 0 Å². The molecule has 0 saturated carbocycles. The van der Waals surface area contributed by atoms with Crippen molar-refractivity contribution in [3.8, 4) is 0 Å². The molecule has 0 unspecified atom stereocenters. The monoisotopic (exact) mass is 552 g/mol. The minimum absolute atomic E-state index is 0.0562. The highest BCUT2D eigenvalue weighted by molar-refractivity contribution is 7.95. The Kier molecular flexibility index (Phi) is 6.58. The molecule has 0 atom stereocenters. The molecule has 0 fully saturated rings. The summed E-state index contributed by atoms with van der Waals surface area (Å²) in [6.45, 7) is 0.0562. The fourth-order valence-electron chi connectivity index (χ4n) is 3.78. The van der Waals surface area contributed by atoms with Crippen LogP contribution in [0.4, 0.5) is 5.69 Å². The molecule has 8 nitrogen and oxygen atoms in total. The molecule has 0 aliphatic rings. The Morgan fingerprint density at radius 2 is 1.54 bits per heavy atom. The van der Waals surface area contributed by atoms with E-state index in [1.54, 1.807) is 42.5 Å². The number of hydrogen-bond donors (Lipinski definition) is 2. The third-order valence-electron chi connectivity index (χ3n) is 5.27. The average Bonchev–Trinajstić information content (AvgIpc) is 3.08. The number of halogens is 2. The van der Waals surface area contributed by atoms with Crippen LogP contribution in [0.5, 0.6) is 0 Å². The zero-order valence-electron chi connectivity index (χ0n) is 18.1. The topological polar surface area (TPSA) is 123 Å². The van der Waals surface area contributed by atoms with Crippen LogP contribution in [0.15, 0.2) is 76.5 Å². The lowest BCUT2D eigenvalue weighted by atomic mass is 10.2. The van der Waals surface area contributed by atoms with Crippen LogP contribution in [0.1, 0.15) is 16.1 Å².